The van der Waals surface area contributed by atoms with E-state index in [4.69, 9.17) is 0 Å². The largest absolute Gasteiger partial charge is 0.310 e. The van der Waals surface area contributed by atoms with Crippen LogP contribution in [0.3, 0.4) is 0 Å². The highest BCUT2D eigenvalue weighted by atomic mass is 15.1. The predicted molar refractivity (Wildman–Crippen MR) is 245 cm³/mol. The molecule has 0 radical (unpaired) electrons. The van der Waals surface area contributed by atoms with Crippen molar-refractivity contribution < 1.29 is 0 Å². The van der Waals surface area contributed by atoms with Crippen LogP contribution in [0, 0.1) is 0 Å². The van der Waals surface area contributed by atoms with E-state index in [0.29, 0.717) is 0 Å². The summed E-state index contributed by atoms with van der Waals surface area (Å²) in [6.07, 6.45) is 4.93. The topological polar surface area (TPSA) is 3.24 Å². The van der Waals surface area contributed by atoms with Crippen LogP contribution in [-0.4, -0.2) is 0 Å². The van der Waals surface area contributed by atoms with Crippen LogP contribution in [-0.2, 0) is 5.41 Å². The molecule has 9 aromatic rings. The first-order chi connectivity index (χ1) is 28.7. The van der Waals surface area contributed by atoms with Crippen molar-refractivity contribution in [3.63, 3.8) is 0 Å². The van der Waals surface area contributed by atoms with E-state index in [1.54, 1.807) is 0 Å². The second kappa shape index (κ2) is 14.2. The second-order valence-electron chi connectivity index (χ2n) is 16.0. The Labute approximate surface area is 341 Å². The Hall–Kier alpha value is -6.96. The zero-order valence-electron chi connectivity index (χ0n) is 32.5. The molecule has 0 bridgehead atoms. The third kappa shape index (κ3) is 5.69. The summed E-state index contributed by atoms with van der Waals surface area (Å²) in [5.74, 6) is 0. The van der Waals surface area contributed by atoms with E-state index >= 15 is 0 Å². The molecule has 58 heavy (non-hydrogen) atoms. The third-order valence-electron chi connectivity index (χ3n) is 12.8. The molecule has 0 N–H and O–H groups in total. The van der Waals surface area contributed by atoms with Crippen molar-refractivity contribution in [3.8, 4) is 55.6 Å². The molecule has 1 fully saturated rings. The first-order valence-corrected chi connectivity index (χ1v) is 20.7. The van der Waals surface area contributed by atoms with Crippen molar-refractivity contribution in [2.24, 2.45) is 0 Å². The Morgan fingerprint density at radius 1 is 0.310 bits per heavy atom. The van der Waals surface area contributed by atoms with Crippen LogP contribution in [0.25, 0.3) is 66.4 Å². The number of hydrogen-bond donors (Lipinski definition) is 0. The summed E-state index contributed by atoms with van der Waals surface area (Å²) in [4.78, 5) is 2.51. The van der Waals surface area contributed by atoms with Gasteiger partial charge in [0.05, 0.1) is 5.69 Å². The summed E-state index contributed by atoms with van der Waals surface area (Å²) >= 11 is 0. The van der Waals surface area contributed by atoms with Crippen molar-refractivity contribution in [1.82, 2.24) is 0 Å². The van der Waals surface area contributed by atoms with Crippen LogP contribution in [0.15, 0.2) is 212 Å². The van der Waals surface area contributed by atoms with Crippen molar-refractivity contribution >= 4 is 27.8 Å². The summed E-state index contributed by atoms with van der Waals surface area (Å²) in [6, 6.07) is 78.6. The summed E-state index contributed by atoms with van der Waals surface area (Å²) in [6.45, 7) is 0. The molecule has 2 aliphatic carbocycles. The SMILES string of the molecule is c1ccc(-c2ccccc2-c2ccccc2-c2ccccc2N(c2ccc(-c3ccc4ccccc4c3)cc2)c2ccc3c(c2)C2(CCCC2)c2ccccc2-3)cc1. The number of anilines is 3. The quantitative estimate of drug-likeness (QED) is 0.157. The Bertz CT molecular complexity index is 2950. The molecule has 0 aromatic heterocycles. The van der Waals surface area contributed by atoms with E-state index in [1.807, 2.05) is 0 Å². The molecule has 1 heteroatoms. The molecule has 0 heterocycles. The fourth-order valence-electron chi connectivity index (χ4n) is 10.1. The molecule has 1 spiro atoms. The maximum atomic E-state index is 2.53. The van der Waals surface area contributed by atoms with Gasteiger partial charge in [0.2, 0.25) is 0 Å². The first-order valence-electron chi connectivity index (χ1n) is 20.7. The highest BCUT2D eigenvalue weighted by Crippen LogP contribution is 2.58. The van der Waals surface area contributed by atoms with Gasteiger partial charge in [0, 0.05) is 22.4 Å². The van der Waals surface area contributed by atoms with Gasteiger partial charge in [0.1, 0.15) is 0 Å². The third-order valence-corrected chi connectivity index (χ3v) is 12.8. The fourth-order valence-corrected chi connectivity index (χ4v) is 10.1. The monoisotopic (exact) mass is 741 g/mol. The molecule has 1 nitrogen and oxygen atoms in total. The predicted octanol–water partition coefficient (Wildman–Crippen LogP) is 15.8. The maximum Gasteiger partial charge on any atom is 0.0540 e. The van der Waals surface area contributed by atoms with Crippen LogP contribution in [0.5, 0.6) is 0 Å². The van der Waals surface area contributed by atoms with Gasteiger partial charge in [-0.1, -0.05) is 189 Å². The fraction of sp³-hybridized carbons (Fsp3) is 0.0877. The molecule has 0 unspecified atom stereocenters. The Morgan fingerprint density at radius 2 is 0.845 bits per heavy atom. The summed E-state index contributed by atoms with van der Waals surface area (Å²) in [5, 5.41) is 2.52. The molecule has 2 aliphatic rings. The highest BCUT2D eigenvalue weighted by molar-refractivity contribution is 5.98. The van der Waals surface area contributed by atoms with Gasteiger partial charge < -0.3 is 4.90 Å². The van der Waals surface area contributed by atoms with E-state index in [2.05, 4.69) is 217 Å². The lowest BCUT2D eigenvalue weighted by Crippen LogP contribution is -2.21. The van der Waals surface area contributed by atoms with Crippen LogP contribution in [0.1, 0.15) is 36.8 Å². The number of para-hydroxylation sites is 1. The van der Waals surface area contributed by atoms with E-state index in [9.17, 15) is 0 Å². The van der Waals surface area contributed by atoms with Crippen molar-refractivity contribution in [2.75, 3.05) is 4.90 Å². The summed E-state index contributed by atoms with van der Waals surface area (Å²) in [7, 11) is 0. The summed E-state index contributed by atoms with van der Waals surface area (Å²) in [5.41, 5.74) is 19.1. The number of benzene rings is 9. The van der Waals surface area contributed by atoms with Crippen LogP contribution < -0.4 is 4.90 Å². The van der Waals surface area contributed by atoms with Crippen LogP contribution in [0.4, 0.5) is 17.1 Å². The number of nitrogens with zero attached hydrogens (tertiary/aromatic N) is 1. The Morgan fingerprint density at radius 3 is 1.60 bits per heavy atom. The molecular weight excluding hydrogens is 699 g/mol. The van der Waals surface area contributed by atoms with Gasteiger partial charge in [0.15, 0.2) is 0 Å². The number of rotatable bonds is 7. The second-order valence-corrected chi connectivity index (χ2v) is 16.0. The molecule has 1 saturated carbocycles. The zero-order chi connectivity index (χ0) is 38.5. The van der Waals surface area contributed by atoms with Gasteiger partial charge >= 0.3 is 0 Å². The van der Waals surface area contributed by atoms with E-state index in [-0.39, 0.29) is 5.41 Å². The zero-order valence-corrected chi connectivity index (χ0v) is 32.5. The number of fused-ring (bicyclic) bond motifs is 6. The van der Waals surface area contributed by atoms with Crippen molar-refractivity contribution in [3.05, 3.63) is 223 Å². The molecular formula is C57H43N. The van der Waals surface area contributed by atoms with Crippen LogP contribution >= 0.6 is 0 Å². The van der Waals surface area contributed by atoms with Crippen molar-refractivity contribution in [2.45, 2.75) is 31.1 Å². The lowest BCUT2D eigenvalue weighted by atomic mass is 9.76. The van der Waals surface area contributed by atoms with Gasteiger partial charge in [-0.25, -0.2) is 0 Å². The average molecular weight is 742 g/mol. The maximum absolute atomic E-state index is 2.53. The average Bonchev–Trinajstić information content (AvgIpc) is 3.90. The molecule has 0 amide bonds. The Balaban J connectivity index is 1.10. The van der Waals surface area contributed by atoms with Gasteiger partial charge in [-0.3, -0.25) is 0 Å². The Kier molecular flexibility index (Phi) is 8.40. The lowest BCUT2D eigenvalue weighted by Gasteiger charge is -2.31. The minimum Gasteiger partial charge on any atom is -0.310 e. The van der Waals surface area contributed by atoms with Crippen LogP contribution in [0.2, 0.25) is 0 Å². The first kappa shape index (κ1) is 34.3. The smallest absolute Gasteiger partial charge is 0.0540 e. The van der Waals surface area contributed by atoms with Gasteiger partial charge in [-0.05, 0) is 121 Å². The highest BCUT2D eigenvalue weighted by Gasteiger charge is 2.45. The molecule has 0 atom stereocenters. The van der Waals surface area contributed by atoms with E-state index in [0.717, 1.165) is 11.4 Å². The van der Waals surface area contributed by atoms with Gasteiger partial charge in [-0.2, -0.15) is 0 Å². The number of hydrogen-bond acceptors (Lipinski definition) is 1. The normalized spacial score (nSPS) is 13.7. The molecule has 0 aliphatic heterocycles. The van der Waals surface area contributed by atoms with E-state index < -0.39 is 0 Å². The molecule has 9 aromatic carbocycles. The van der Waals surface area contributed by atoms with Gasteiger partial charge in [-0.15, -0.1) is 0 Å². The lowest BCUT2D eigenvalue weighted by molar-refractivity contribution is 0.550. The minimum atomic E-state index is 0.0703. The molecule has 0 saturated heterocycles. The standard InChI is InChI=1S/C57H43N/c1-2-17-42(18-3-1)47-20-6-7-21-48(47)49-22-8-9-23-50(49)53-25-11-13-27-56(53)58(45-32-30-41(31-33-45)44-29-28-40-16-4-5-19-43(40)38-44)46-34-35-52-51-24-10-12-26-54(51)57(55(52)39-46)36-14-15-37-57/h1-13,16-35,38-39H,14-15,36-37H2. The van der Waals surface area contributed by atoms with E-state index in [1.165, 1.54) is 109 Å². The summed E-state index contributed by atoms with van der Waals surface area (Å²) < 4.78 is 0. The van der Waals surface area contributed by atoms with Gasteiger partial charge in [0.25, 0.3) is 0 Å². The van der Waals surface area contributed by atoms with Crippen molar-refractivity contribution in [1.29, 1.82) is 0 Å². The molecule has 276 valence electrons. The minimum absolute atomic E-state index is 0.0703. The molecule has 11 rings (SSSR count).